The van der Waals surface area contributed by atoms with E-state index in [4.69, 9.17) is 0 Å². The predicted octanol–water partition coefficient (Wildman–Crippen LogP) is 5.55. The van der Waals surface area contributed by atoms with Gasteiger partial charge >= 0.3 is 0 Å². The van der Waals surface area contributed by atoms with Crippen molar-refractivity contribution >= 4 is 15.7 Å². The molecule has 26 heavy (non-hydrogen) atoms. The number of fused-ring (bicyclic) bond motifs is 1. The average Bonchev–Trinajstić information content (AvgIpc) is 3.02. The van der Waals surface area contributed by atoms with E-state index in [1.807, 2.05) is 57.2 Å². The van der Waals surface area contributed by atoms with Gasteiger partial charge in [-0.3, -0.25) is 4.55 Å². The standard InChI is InChI=1S/C22H26O3S/c1-21(2,3)17-12-15(14-10-8-7-9-11-14)16-13-18(22(4,5)6)20(19(16)17)26(23,24)25/h7-13H,1-6H3,(H,23,24,25). The Hall–Kier alpha value is -1.91. The normalized spacial score (nSPS) is 18.3. The van der Waals surface area contributed by atoms with Crippen LogP contribution in [0.3, 0.4) is 0 Å². The molecule has 3 nitrogen and oxygen atoms in total. The van der Waals surface area contributed by atoms with E-state index in [1.54, 1.807) is 0 Å². The molecule has 1 N–H and O–H groups in total. The summed E-state index contributed by atoms with van der Waals surface area (Å²) in [7, 11) is -4.35. The molecule has 0 saturated carbocycles. The van der Waals surface area contributed by atoms with Crippen LogP contribution in [0, 0.1) is 10.8 Å². The Bertz CT molecular complexity index is 988. The molecule has 3 rings (SSSR count). The van der Waals surface area contributed by atoms with E-state index in [0.717, 1.165) is 22.3 Å². The van der Waals surface area contributed by atoms with Gasteiger partial charge in [-0.25, -0.2) is 0 Å². The molecular weight excluding hydrogens is 344 g/mol. The van der Waals surface area contributed by atoms with Gasteiger partial charge in [-0.15, -0.1) is 0 Å². The Morgan fingerprint density at radius 2 is 1.27 bits per heavy atom. The molecule has 138 valence electrons. The van der Waals surface area contributed by atoms with Crippen LogP contribution in [0.1, 0.15) is 47.1 Å². The Kier molecular flexibility index (Phi) is 4.21. The molecule has 0 unspecified atom stereocenters. The highest BCUT2D eigenvalue weighted by Gasteiger charge is 2.42. The minimum Gasteiger partial charge on any atom is -0.282 e. The second kappa shape index (κ2) is 5.80. The van der Waals surface area contributed by atoms with Crippen LogP contribution in [0.2, 0.25) is 0 Å². The molecule has 0 saturated heterocycles. The summed E-state index contributed by atoms with van der Waals surface area (Å²) in [4.78, 5) is 0.0621. The molecule has 0 heterocycles. The molecule has 1 aromatic rings. The topological polar surface area (TPSA) is 54.4 Å². The third-order valence-corrected chi connectivity index (χ3v) is 5.78. The zero-order valence-electron chi connectivity index (χ0n) is 16.2. The summed E-state index contributed by atoms with van der Waals surface area (Å²) < 4.78 is 34.8. The van der Waals surface area contributed by atoms with Crippen molar-refractivity contribution in [2.45, 2.75) is 41.5 Å². The number of allylic oxidation sites excluding steroid dienone is 7. The maximum absolute atomic E-state index is 12.4. The van der Waals surface area contributed by atoms with E-state index in [-0.39, 0.29) is 10.3 Å². The van der Waals surface area contributed by atoms with Crippen LogP contribution in [0.25, 0.3) is 5.57 Å². The molecule has 2 aliphatic rings. The second-order valence-corrected chi connectivity index (χ2v) is 10.3. The average molecular weight is 371 g/mol. The first-order chi connectivity index (χ1) is 11.8. The van der Waals surface area contributed by atoms with Gasteiger partial charge in [-0.1, -0.05) is 71.9 Å². The molecule has 0 radical (unpaired) electrons. The largest absolute Gasteiger partial charge is 0.295 e. The molecule has 0 spiro atoms. The Morgan fingerprint density at radius 3 is 1.73 bits per heavy atom. The first-order valence-electron chi connectivity index (χ1n) is 8.79. The molecule has 0 aromatic heterocycles. The van der Waals surface area contributed by atoms with E-state index in [2.05, 4.69) is 26.8 Å². The molecule has 0 aliphatic heterocycles. The van der Waals surface area contributed by atoms with E-state index in [0.29, 0.717) is 11.1 Å². The van der Waals surface area contributed by atoms with Crippen molar-refractivity contribution in [3.8, 4) is 0 Å². The van der Waals surface area contributed by atoms with E-state index >= 15 is 0 Å². The molecule has 0 bridgehead atoms. The van der Waals surface area contributed by atoms with Crippen molar-refractivity contribution in [2.75, 3.05) is 0 Å². The molecule has 1 aromatic carbocycles. The minimum atomic E-state index is -4.35. The van der Waals surface area contributed by atoms with Crippen molar-refractivity contribution in [2.24, 2.45) is 10.8 Å². The van der Waals surface area contributed by atoms with Gasteiger partial charge in [0.15, 0.2) is 0 Å². The summed E-state index contributed by atoms with van der Waals surface area (Å²) in [6, 6.07) is 9.96. The van der Waals surface area contributed by atoms with Gasteiger partial charge in [-0.05, 0) is 50.8 Å². The van der Waals surface area contributed by atoms with Crippen molar-refractivity contribution in [1.82, 2.24) is 0 Å². The van der Waals surface area contributed by atoms with Crippen LogP contribution in [0.5, 0.6) is 0 Å². The summed E-state index contributed by atoms with van der Waals surface area (Å²) in [5, 5.41) is 0. The lowest BCUT2D eigenvalue weighted by atomic mass is 9.83. The molecule has 4 heteroatoms. The van der Waals surface area contributed by atoms with Gasteiger partial charge in [0, 0.05) is 5.57 Å². The Morgan fingerprint density at radius 1 is 0.769 bits per heavy atom. The lowest BCUT2D eigenvalue weighted by Gasteiger charge is -2.24. The van der Waals surface area contributed by atoms with Crippen LogP contribution in [0.4, 0.5) is 0 Å². The monoisotopic (exact) mass is 370 g/mol. The number of hydrogen-bond donors (Lipinski definition) is 1. The van der Waals surface area contributed by atoms with E-state index < -0.39 is 15.5 Å². The first kappa shape index (κ1) is 18.9. The van der Waals surface area contributed by atoms with Gasteiger partial charge in [0.05, 0.1) is 0 Å². The maximum Gasteiger partial charge on any atom is 0.295 e. The van der Waals surface area contributed by atoms with Crippen LogP contribution in [-0.2, 0) is 10.1 Å². The third-order valence-electron chi connectivity index (χ3n) is 4.84. The summed E-state index contributed by atoms with van der Waals surface area (Å²) in [5.74, 6) is 0. The lowest BCUT2D eigenvalue weighted by Crippen LogP contribution is -2.16. The summed E-state index contributed by atoms with van der Waals surface area (Å²) in [5.41, 5.74) is 4.53. The van der Waals surface area contributed by atoms with E-state index in [9.17, 15) is 13.0 Å². The van der Waals surface area contributed by atoms with Gasteiger partial charge in [-0.2, -0.15) is 8.42 Å². The van der Waals surface area contributed by atoms with Crippen LogP contribution < -0.4 is 0 Å². The highest BCUT2D eigenvalue weighted by molar-refractivity contribution is 7.90. The molecule has 2 aliphatic carbocycles. The fraction of sp³-hybridized carbons (Fsp3) is 0.364. The van der Waals surface area contributed by atoms with Gasteiger partial charge in [0.2, 0.25) is 0 Å². The summed E-state index contributed by atoms with van der Waals surface area (Å²) >= 11 is 0. The zero-order valence-corrected chi connectivity index (χ0v) is 17.0. The van der Waals surface area contributed by atoms with Gasteiger partial charge in [0.1, 0.15) is 4.91 Å². The van der Waals surface area contributed by atoms with Crippen LogP contribution in [-0.4, -0.2) is 13.0 Å². The van der Waals surface area contributed by atoms with Crippen molar-refractivity contribution < 1.29 is 13.0 Å². The second-order valence-electron chi connectivity index (χ2n) is 8.99. The van der Waals surface area contributed by atoms with Crippen LogP contribution in [0.15, 0.2) is 69.7 Å². The van der Waals surface area contributed by atoms with Gasteiger partial charge in [0.25, 0.3) is 10.1 Å². The van der Waals surface area contributed by atoms with E-state index in [1.165, 1.54) is 0 Å². The highest BCUT2D eigenvalue weighted by atomic mass is 32.2. The highest BCUT2D eigenvalue weighted by Crippen LogP contribution is 2.54. The molecule has 0 amide bonds. The number of rotatable bonds is 2. The maximum atomic E-state index is 12.4. The Labute approximate surface area is 156 Å². The fourth-order valence-corrected chi connectivity index (χ4v) is 4.71. The molecule has 0 atom stereocenters. The van der Waals surface area contributed by atoms with Gasteiger partial charge < -0.3 is 0 Å². The predicted molar refractivity (Wildman–Crippen MR) is 107 cm³/mol. The zero-order chi connectivity index (χ0) is 19.5. The summed E-state index contributed by atoms with van der Waals surface area (Å²) in [6.07, 6.45) is 4.01. The van der Waals surface area contributed by atoms with Crippen molar-refractivity contribution in [1.29, 1.82) is 0 Å². The minimum absolute atomic E-state index is 0.0621. The first-order valence-corrected chi connectivity index (χ1v) is 10.2. The molecule has 0 fully saturated rings. The third kappa shape index (κ3) is 3.12. The molecular formula is C22H26O3S. The number of benzene rings is 1. The quantitative estimate of drug-likeness (QED) is 0.694. The SMILES string of the molecule is CC(C)(C)C1=C2C(=CC(C(C)(C)C)=C2S(=O)(=O)O)C(c2ccccc2)=C1. The van der Waals surface area contributed by atoms with Crippen molar-refractivity contribution in [3.05, 3.63) is 75.2 Å². The Balaban J connectivity index is 2.34. The smallest absolute Gasteiger partial charge is 0.282 e. The summed E-state index contributed by atoms with van der Waals surface area (Å²) in [6.45, 7) is 12.1. The van der Waals surface area contributed by atoms with Crippen molar-refractivity contribution in [3.63, 3.8) is 0 Å². The van der Waals surface area contributed by atoms with Crippen LogP contribution >= 0.6 is 0 Å². The number of hydrogen-bond acceptors (Lipinski definition) is 2. The fourth-order valence-electron chi connectivity index (χ4n) is 3.59. The lowest BCUT2D eigenvalue weighted by molar-refractivity contribution is 0.482.